The summed E-state index contributed by atoms with van der Waals surface area (Å²) in [5.74, 6) is 1.10. The van der Waals surface area contributed by atoms with Gasteiger partial charge in [0.2, 0.25) is 0 Å². The van der Waals surface area contributed by atoms with Crippen LogP contribution in [0.4, 0.5) is 4.79 Å². The summed E-state index contributed by atoms with van der Waals surface area (Å²) in [6.07, 6.45) is 1.93. The van der Waals surface area contributed by atoms with Gasteiger partial charge in [0.25, 0.3) is 0 Å². The molecule has 2 saturated carbocycles. The topological polar surface area (TPSA) is 64.3 Å². The van der Waals surface area contributed by atoms with Gasteiger partial charge in [0.05, 0.1) is 0 Å². The molecule has 3 N–H and O–H groups in total. The number of alkyl carbamates (subject to hydrolysis) is 1. The zero-order valence-corrected chi connectivity index (χ0v) is 9.62. The SMILES string of the molecule is CC(C)(C)OC(=O)N[C@@H]1C2CCC(N)[C@H]21. The third kappa shape index (κ3) is 2.25. The highest BCUT2D eigenvalue weighted by Gasteiger charge is 2.57. The molecule has 0 aromatic heterocycles. The second-order valence-electron chi connectivity index (χ2n) is 5.65. The van der Waals surface area contributed by atoms with Gasteiger partial charge in [0.15, 0.2) is 0 Å². The quantitative estimate of drug-likeness (QED) is 0.687. The molecule has 86 valence electrons. The van der Waals surface area contributed by atoms with E-state index in [1.807, 2.05) is 20.8 Å². The summed E-state index contributed by atoms with van der Waals surface area (Å²) in [6.45, 7) is 5.60. The van der Waals surface area contributed by atoms with Crippen molar-refractivity contribution in [1.29, 1.82) is 0 Å². The molecule has 0 radical (unpaired) electrons. The van der Waals surface area contributed by atoms with E-state index < -0.39 is 5.60 Å². The van der Waals surface area contributed by atoms with Crippen LogP contribution in [0, 0.1) is 11.8 Å². The Morgan fingerprint density at radius 2 is 2.07 bits per heavy atom. The summed E-state index contributed by atoms with van der Waals surface area (Å²) >= 11 is 0. The average molecular weight is 212 g/mol. The van der Waals surface area contributed by atoms with Crippen LogP contribution >= 0.6 is 0 Å². The van der Waals surface area contributed by atoms with Crippen molar-refractivity contribution in [2.75, 3.05) is 0 Å². The van der Waals surface area contributed by atoms with E-state index in [9.17, 15) is 4.79 Å². The Balaban J connectivity index is 1.78. The Kier molecular flexibility index (Phi) is 2.41. The molecular weight excluding hydrogens is 192 g/mol. The maximum Gasteiger partial charge on any atom is 0.407 e. The van der Waals surface area contributed by atoms with E-state index >= 15 is 0 Å². The molecule has 0 aromatic rings. The summed E-state index contributed by atoms with van der Waals surface area (Å²) in [4.78, 5) is 11.5. The van der Waals surface area contributed by atoms with Gasteiger partial charge in [0, 0.05) is 12.1 Å². The highest BCUT2D eigenvalue weighted by atomic mass is 16.6. The Hall–Kier alpha value is -0.770. The lowest BCUT2D eigenvalue weighted by Gasteiger charge is -2.20. The highest BCUT2D eigenvalue weighted by Crippen LogP contribution is 2.51. The molecule has 2 unspecified atom stereocenters. The zero-order valence-electron chi connectivity index (χ0n) is 9.62. The molecule has 0 aliphatic heterocycles. The van der Waals surface area contributed by atoms with Gasteiger partial charge in [0.1, 0.15) is 5.60 Å². The summed E-state index contributed by atoms with van der Waals surface area (Å²) in [6, 6.07) is 0.540. The lowest BCUT2D eigenvalue weighted by Crippen LogP contribution is -2.37. The number of hydrogen-bond donors (Lipinski definition) is 2. The fourth-order valence-electron chi connectivity index (χ4n) is 2.58. The van der Waals surface area contributed by atoms with Crippen molar-refractivity contribution in [1.82, 2.24) is 5.32 Å². The minimum atomic E-state index is -0.420. The molecule has 0 spiro atoms. The van der Waals surface area contributed by atoms with Crippen molar-refractivity contribution >= 4 is 6.09 Å². The predicted octanol–water partition coefficient (Wildman–Crippen LogP) is 1.25. The fraction of sp³-hybridized carbons (Fsp3) is 0.909. The Morgan fingerprint density at radius 3 is 2.53 bits per heavy atom. The summed E-state index contributed by atoms with van der Waals surface area (Å²) in [5, 5.41) is 2.90. The number of carbonyl (C=O) groups is 1. The first-order valence-electron chi connectivity index (χ1n) is 5.63. The van der Waals surface area contributed by atoms with Crippen LogP contribution in [0.5, 0.6) is 0 Å². The number of carbonyl (C=O) groups excluding carboxylic acids is 1. The highest BCUT2D eigenvalue weighted by molar-refractivity contribution is 5.68. The van der Waals surface area contributed by atoms with Gasteiger partial charge in [-0.05, 0) is 45.4 Å². The number of hydrogen-bond acceptors (Lipinski definition) is 3. The van der Waals surface area contributed by atoms with Gasteiger partial charge in [-0.15, -0.1) is 0 Å². The maximum atomic E-state index is 11.5. The minimum Gasteiger partial charge on any atom is -0.444 e. The summed E-state index contributed by atoms with van der Waals surface area (Å²) in [5.41, 5.74) is 5.50. The second kappa shape index (κ2) is 3.37. The molecule has 0 bridgehead atoms. The van der Waals surface area contributed by atoms with Crippen LogP contribution in [-0.4, -0.2) is 23.8 Å². The first kappa shape index (κ1) is 10.7. The molecule has 2 aliphatic rings. The maximum absolute atomic E-state index is 11.5. The van der Waals surface area contributed by atoms with Crippen LogP contribution in [0.15, 0.2) is 0 Å². The number of nitrogens with two attached hydrogens (primary N) is 1. The van der Waals surface area contributed by atoms with Gasteiger partial charge in [-0.25, -0.2) is 4.79 Å². The molecule has 2 fully saturated rings. The van der Waals surface area contributed by atoms with Crippen molar-refractivity contribution < 1.29 is 9.53 Å². The van der Waals surface area contributed by atoms with Crippen molar-refractivity contribution in [2.45, 2.75) is 51.3 Å². The second-order valence-corrected chi connectivity index (χ2v) is 5.65. The third-order valence-electron chi connectivity index (χ3n) is 3.24. The Labute approximate surface area is 90.5 Å². The van der Waals surface area contributed by atoms with E-state index in [4.69, 9.17) is 10.5 Å². The lowest BCUT2D eigenvalue weighted by molar-refractivity contribution is 0.0516. The van der Waals surface area contributed by atoms with Gasteiger partial charge in [-0.2, -0.15) is 0 Å². The molecule has 0 saturated heterocycles. The molecule has 15 heavy (non-hydrogen) atoms. The van der Waals surface area contributed by atoms with Crippen molar-refractivity contribution in [3.05, 3.63) is 0 Å². The lowest BCUT2D eigenvalue weighted by atomic mass is 10.1. The van der Waals surface area contributed by atoms with E-state index in [0.29, 0.717) is 11.8 Å². The van der Waals surface area contributed by atoms with E-state index in [-0.39, 0.29) is 18.2 Å². The molecule has 0 heterocycles. The van der Waals surface area contributed by atoms with Crippen LogP contribution < -0.4 is 11.1 Å². The van der Waals surface area contributed by atoms with E-state index in [0.717, 1.165) is 12.8 Å². The molecule has 4 atom stereocenters. The van der Waals surface area contributed by atoms with Gasteiger partial charge in [-0.1, -0.05) is 0 Å². The first-order valence-corrected chi connectivity index (χ1v) is 5.63. The average Bonchev–Trinajstić information content (AvgIpc) is 2.55. The number of nitrogens with one attached hydrogen (secondary N) is 1. The van der Waals surface area contributed by atoms with Gasteiger partial charge in [-0.3, -0.25) is 0 Å². The standard InChI is InChI=1S/C11H20N2O2/c1-11(2,3)15-10(14)13-9-6-4-5-7(12)8(6)9/h6-9H,4-5,12H2,1-3H3,(H,13,14)/t6?,7?,8-,9+/m0/s1. The zero-order chi connectivity index (χ0) is 11.2. The van der Waals surface area contributed by atoms with E-state index in [1.54, 1.807) is 0 Å². The summed E-state index contributed by atoms with van der Waals surface area (Å²) < 4.78 is 5.20. The van der Waals surface area contributed by atoms with Gasteiger partial charge >= 0.3 is 6.09 Å². The van der Waals surface area contributed by atoms with E-state index in [2.05, 4.69) is 5.32 Å². The molecule has 0 aromatic carbocycles. The van der Waals surface area contributed by atoms with Crippen LogP contribution in [0.1, 0.15) is 33.6 Å². The molecule has 2 rings (SSSR count). The smallest absolute Gasteiger partial charge is 0.407 e. The molecule has 1 amide bonds. The number of fused-ring (bicyclic) bond motifs is 1. The molecule has 2 aliphatic carbocycles. The van der Waals surface area contributed by atoms with Crippen molar-refractivity contribution in [3.63, 3.8) is 0 Å². The Morgan fingerprint density at radius 1 is 1.40 bits per heavy atom. The molecule has 4 nitrogen and oxygen atoms in total. The van der Waals surface area contributed by atoms with Crippen molar-refractivity contribution in [2.24, 2.45) is 17.6 Å². The van der Waals surface area contributed by atoms with Crippen LogP contribution in [0.25, 0.3) is 0 Å². The molecular formula is C11H20N2O2. The van der Waals surface area contributed by atoms with Gasteiger partial charge < -0.3 is 15.8 Å². The third-order valence-corrected chi connectivity index (χ3v) is 3.24. The van der Waals surface area contributed by atoms with Crippen LogP contribution in [-0.2, 0) is 4.74 Å². The predicted molar refractivity (Wildman–Crippen MR) is 57.3 cm³/mol. The van der Waals surface area contributed by atoms with Crippen molar-refractivity contribution in [3.8, 4) is 0 Å². The number of amides is 1. The van der Waals surface area contributed by atoms with E-state index in [1.165, 1.54) is 0 Å². The molecule has 4 heteroatoms. The van der Waals surface area contributed by atoms with Crippen LogP contribution in [0.3, 0.4) is 0 Å². The number of ether oxygens (including phenoxy) is 1. The fourth-order valence-corrected chi connectivity index (χ4v) is 2.58. The Bertz CT molecular complexity index is 272. The van der Waals surface area contributed by atoms with Crippen LogP contribution in [0.2, 0.25) is 0 Å². The minimum absolute atomic E-state index is 0.267. The number of rotatable bonds is 1. The first-order chi connectivity index (χ1) is 6.88. The monoisotopic (exact) mass is 212 g/mol. The largest absolute Gasteiger partial charge is 0.444 e. The normalized spacial score (nSPS) is 38.4. The summed E-state index contributed by atoms with van der Waals surface area (Å²) in [7, 11) is 0.